The van der Waals surface area contributed by atoms with Crippen molar-refractivity contribution in [2.75, 3.05) is 6.54 Å². The highest BCUT2D eigenvalue weighted by molar-refractivity contribution is 6.17. The monoisotopic (exact) mass is 448 g/mol. The van der Waals surface area contributed by atoms with Crippen molar-refractivity contribution in [1.29, 1.82) is 5.26 Å². The highest BCUT2D eigenvalue weighted by Gasteiger charge is 2.49. The lowest BCUT2D eigenvalue weighted by Gasteiger charge is -2.22. The van der Waals surface area contributed by atoms with E-state index in [0.29, 0.717) is 22.4 Å². The Hall–Kier alpha value is -4.70. The number of fused-ring (bicyclic) bond motifs is 1. The fraction of sp³-hybridized carbons (Fsp3) is 0.111. The summed E-state index contributed by atoms with van der Waals surface area (Å²) in [6.45, 7) is 1.21. The number of para-hydroxylation sites is 1. The number of hydrogen-bond donors (Lipinski definition) is 2. The first-order valence-electron chi connectivity index (χ1n) is 10.8. The van der Waals surface area contributed by atoms with Crippen LogP contribution in [-0.4, -0.2) is 34.2 Å². The molecule has 1 atom stereocenters. The van der Waals surface area contributed by atoms with Crippen molar-refractivity contribution in [3.63, 3.8) is 0 Å². The molecule has 34 heavy (non-hydrogen) atoms. The predicted molar refractivity (Wildman–Crippen MR) is 127 cm³/mol. The van der Waals surface area contributed by atoms with Crippen LogP contribution in [0.4, 0.5) is 4.79 Å². The smallest absolute Gasteiger partial charge is 0.325 e. The van der Waals surface area contributed by atoms with E-state index >= 15 is 0 Å². The second-order valence-corrected chi connectivity index (χ2v) is 8.35. The number of rotatable bonds is 5. The molecule has 7 heteroatoms. The lowest BCUT2D eigenvalue weighted by Crippen LogP contribution is -2.41. The van der Waals surface area contributed by atoms with E-state index < -0.39 is 24.0 Å². The van der Waals surface area contributed by atoms with Crippen molar-refractivity contribution >= 4 is 28.6 Å². The maximum absolute atomic E-state index is 13.6. The number of aromatic amines is 1. The molecule has 3 amide bonds. The fourth-order valence-corrected chi connectivity index (χ4v) is 4.39. The van der Waals surface area contributed by atoms with Crippen molar-refractivity contribution in [2.24, 2.45) is 0 Å². The van der Waals surface area contributed by atoms with Crippen LogP contribution >= 0.6 is 0 Å². The van der Waals surface area contributed by atoms with E-state index in [4.69, 9.17) is 5.26 Å². The molecular weight excluding hydrogens is 428 g/mol. The summed E-state index contributed by atoms with van der Waals surface area (Å²) in [5.41, 5.74) is 2.38. The second kappa shape index (κ2) is 8.01. The first kappa shape index (κ1) is 21.2. The summed E-state index contributed by atoms with van der Waals surface area (Å²) in [6.07, 6.45) is 0. The maximum atomic E-state index is 13.6. The van der Waals surface area contributed by atoms with Crippen LogP contribution in [0.5, 0.6) is 0 Å². The van der Waals surface area contributed by atoms with E-state index in [0.717, 1.165) is 21.4 Å². The van der Waals surface area contributed by atoms with E-state index in [1.807, 2.05) is 60.7 Å². The van der Waals surface area contributed by atoms with Gasteiger partial charge in [0.05, 0.1) is 29.4 Å². The minimum Gasteiger partial charge on any atom is -0.354 e. The quantitative estimate of drug-likeness (QED) is 0.350. The molecule has 3 aromatic carbocycles. The molecule has 7 nitrogen and oxygen atoms in total. The van der Waals surface area contributed by atoms with Gasteiger partial charge in [-0.3, -0.25) is 14.5 Å². The van der Waals surface area contributed by atoms with Gasteiger partial charge in [-0.2, -0.15) is 5.26 Å². The van der Waals surface area contributed by atoms with Gasteiger partial charge in [-0.05, 0) is 36.2 Å². The summed E-state index contributed by atoms with van der Waals surface area (Å²) in [6, 6.07) is 24.8. The number of ketones is 1. The number of amides is 3. The van der Waals surface area contributed by atoms with Gasteiger partial charge in [0.2, 0.25) is 0 Å². The lowest BCUT2D eigenvalue weighted by molar-refractivity contribution is -0.130. The van der Waals surface area contributed by atoms with Crippen LogP contribution in [0.1, 0.15) is 28.4 Å². The Labute approximate surface area is 195 Å². The molecule has 0 aliphatic carbocycles. The number of nitrogens with zero attached hydrogens (tertiary/aromatic N) is 2. The zero-order valence-electron chi connectivity index (χ0n) is 18.3. The zero-order chi connectivity index (χ0) is 23.9. The Morgan fingerprint density at radius 2 is 1.65 bits per heavy atom. The van der Waals surface area contributed by atoms with Crippen LogP contribution < -0.4 is 5.32 Å². The molecule has 1 fully saturated rings. The Balaban J connectivity index is 1.50. The van der Waals surface area contributed by atoms with E-state index in [1.165, 1.54) is 0 Å². The topological polar surface area (TPSA) is 106 Å². The van der Waals surface area contributed by atoms with Gasteiger partial charge in [-0.25, -0.2) is 4.79 Å². The number of carbonyl (C=O) groups is 3. The number of imide groups is 1. The van der Waals surface area contributed by atoms with Gasteiger partial charge in [-0.1, -0.05) is 60.7 Å². The number of nitrogens with one attached hydrogen (secondary N) is 2. The summed E-state index contributed by atoms with van der Waals surface area (Å²) in [7, 11) is 0. The number of Topliss-reactive ketones (excluding diaryl/α,β-unsaturated/α-hetero) is 1. The summed E-state index contributed by atoms with van der Waals surface area (Å²) in [4.78, 5) is 44.0. The lowest BCUT2D eigenvalue weighted by atomic mass is 9.91. The van der Waals surface area contributed by atoms with Gasteiger partial charge < -0.3 is 10.3 Å². The minimum atomic E-state index is -1.33. The minimum absolute atomic E-state index is 0.344. The summed E-state index contributed by atoms with van der Waals surface area (Å²) >= 11 is 0. The van der Waals surface area contributed by atoms with Crippen LogP contribution in [0, 0.1) is 11.3 Å². The fourth-order valence-electron chi connectivity index (χ4n) is 4.39. The third kappa shape index (κ3) is 3.33. The van der Waals surface area contributed by atoms with Gasteiger partial charge in [0.1, 0.15) is 5.54 Å². The molecule has 0 saturated carbocycles. The average molecular weight is 448 g/mol. The van der Waals surface area contributed by atoms with E-state index in [9.17, 15) is 14.4 Å². The molecular formula is C27H20N4O3. The van der Waals surface area contributed by atoms with Crippen LogP contribution in [0.3, 0.4) is 0 Å². The summed E-state index contributed by atoms with van der Waals surface area (Å²) in [5, 5.41) is 12.5. The molecule has 2 heterocycles. The number of urea groups is 1. The van der Waals surface area contributed by atoms with Crippen LogP contribution in [0.2, 0.25) is 0 Å². The average Bonchev–Trinajstić information content (AvgIpc) is 3.36. The van der Waals surface area contributed by atoms with Gasteiger partial charge >= 0.3 is 6.03 Å². The van der Waals surface area contributed by atoms with Gasteiger partial charge in [-0.15, -0.1) is 0 Å². The van der Waals surface area contributed by atoms with E-state index in [2.05, 4.69) is 10.3 Å². The van der Waals surface area contributed by atoms with Crippen LogP contribution in [0.15, 0.2) is 78.9 Å². The molecule has 0 radical (unpaired) electrons. The molecule has 0 spiro atoms. The number of hydrogen-bond acceptors (Lipinski definition) is 4. The first-order valence-corrected chi connectivity index (χ1v) is 10.8. The third-order valence-electron chi connectivity index (χ3n) is 6.22. The summed E-state index contributed by atoms with van der Waals surface area (Å²) in [5.74, 6) is -0.861. The molecule has 1 aliphatic rings. The number of aromatic nitrogens is 1. The van der Waals surface area contributed by atoms with Crippen molar-refractivity contribution in [3.8, 4) is 17.3 Å². The number of H-pyrrole nitrogens is 1. The van der Waals surface area contributed by atoms with E-state index in [-0.39, 0.29) is 5.78 Å². The van der Waals surface area contributed by atoms with Gasteiger partial charge in [0.15, 0.2) is 5.78 Å². The normalized spacial score (nSPS) is 17.6. The Morgan fingerprint density at radius 3 is 2.35 bits per heavy atom. The Bertz CT molecular complexity index is 1480. The number of carbonyl (C=O) groups excluding carboxylic acids is 3. The highest BCUT2D eigenvalue weighted by Crippen LogP contribution is 2.33. The van der Waals surface area contributed by atoms with Crippen molar-refractivity contribution in [2.45, 2.75) is 12.5 Å². The predicted octanol–water partition coefficient (Wildman–Crippen LogP) is 4.36. The Kier molecular flexibility index (Phi) is 4.99. The largest absolute Gasteiger partial charge is 0.354 e. The van der Waals surface area contributed by atoms with Crippen molar-refractivity contribution in [3.05, 3.63) is 95.6 Å². The van der Waals surface area contributed by atoms with E-state index in [1.54, 1.807) is 31.2 Å². The second-order valence-electron chi connectivity index (χ2n) is 8.35. The summed E-state index contributed by atoms with van der Waals surface area (Å²) < 4.78 is 0. The van der Waals surface area contributed by atoms with Gasteiger partial charge in [0, 0.05) is 10.9 Å². The highest BCUT2D eigenvalue weighted by atomic mass is 16.2. The maximum Gasteiger partial charge on any atom is 0.325 e. The molecule has 166 valence electrons. The molecule has 1 aromatic heterocycles. The SMILES string of the molecule is CC1(c2ccc(C#N)cc2)NC(=O)N(CC(=O)c2c(-c3ccccc3)[nH]c3ccccc23)C1=O. The Morgan fingerprint density at radius 1 is 0.971 bits per heavy atom. The van der Waals surface area contributed by atoms with Crippen molar-refractivity contribution in [1.82, 2.24) is 15.2 Å². The molecule has 4 aromatic rings. The molecule has 1 aliphatic heterocycles. The third-order valence-corrected chi connectivity index (χ3v) is 6.22. The van der Waals surface area contributed by atoms with Crippen LogP contribution in [-0.2, 0) is 10.3 Å². The number of nitriles is 1. The van der Waals surface area contributed by atoms with Gasteiger partial charge in [0.25, 0.3) is 5.91 Å². The first-order chi connectivity index (χ1) is 16.4. The van der Waals surface area contributed by atoms with Crippen LogP contribution in [0.25, 0.3) is 22.2 Å². The zero-order valence-corrected chi connectivity index (χ0v) is 18.3. The molecule has 5 rings (SSSR count). The standard InChI is InChI=1S/C27H20N4O3/c1-27(19-13-11-17(15-28)12-14-19)25(33)31(26(34)30-27)16-22(32)23-20-9-5-6-10-21(20)29-24(23)18-7-3-2-4-8-18/h2-14,29H,16H2,1H3,(H,30,34). The number of benzene rings is 3. The molecule has 1 unspecified atom stereocenters. The molecule has 0 bridgehead atoms. The molecule has 1 saturated heterocycles. The molecule has 2 N–H and O–H groups in total. The van der Waals surface area contributed by atoms with Crippen molar-refractivity contribution < 1.29 is 14.4 Å².